The third kappa shape index (κ3) is 5.36. The van der Waals surface area contributed by atoms with Crippen LogP contribution in [-0.2, 0) is 4.74 Å². The molecule has 1 rings (SSSR count). The van der Waals surface area contributed by atoms with Crippen LogP contribution in [0.1, 0.15) is 47.0 Å². The van der Waals surface area contributed by atoms with Crippen LogP contribution in [0.4, 0.5) is 0 Å². The molecule has 1 N–H and O–H groups in total. The van der Waals surface area contributed by atoms with Crippen LogP contribution in [0, 0.1) is 0 Å². The molecule has 0 spiro atoms. The van der Waals surface area contributed by atoms with E-state index in [-0.39, 0.29) is 0 Å². The molecule has 3 unspecified atom stereocenters. The lowest BCUT2D eigenvalue weighted by molar-refractivity contribution is -0.0438. The topological polar surface area (TPSA) is 24.5 Å². The molecule has 0 aromatic rings. The normalized spacial score (nSPS) is 25.8. The number of hydrogen-bond donors (Lipinski definition) is 1. The Morgan fingerprint density at radius 3 is 2.76 bits per heavy atom. The van der Waals surface area contributed by atoms with Gasteiger partial charge in [-0.15, -0.1) is 0 Å². The summed E-state index contributed by atoms with van der Waals surface area (Å²) in [6.07, 6.45) is 4.03. The summed E-state index contributed by atoms with van der Waals surface area (Å²) in [6, 6.07) is 1.28. The number of rotatable bonds is 7. The molecule has 0 bridgehead atoms. The Morgan fingerprint density at radius 1 is 1.35 bits per heavy atom. The molecule has 1 saturated heterocycles. The molecule has 3 heteroatoms. The van der Waals surface area contributed by atoms with Crippen LogP contribution in [0.15, 0.2) is 0 Å². The highest BCUT2D eigenvalue weighted by molar-refractivity contribution is 4.78. The van der Waals surface area contributed by atoms with Gasteiger partial charge in [0.25, 0.3) is 0 Å². The van der Waals surface area contributed by atoms with E-state index < -0.39 is 0 Å². The van der Waals surface area contributed by atoms with E-state index in [9.17, 15) is 0 Å². The predicted molar refractivity (Wildman–Crippen MR) is 73.4 cm³/mol. The first kappa shape index (κ1) is 14.9. The molecule has 0 aliphatic carbocycles. The van der Waals surface area contributed by atoms with E-state index >= 15 is 0 Å². The smallest absolute Gasteiger partial charge is 0.0700 e. The largest absolute Gasteiger partial charge is 0.376 e. The van der Waals surface area contributed by atoms with E-state index in [0.29, 0.717) is 18.2 Å². The minimum Gasteiger partial charge on any atom is -0.376 e. The van der Waals surface area contributed by atoms with E-state index in [1.807, 2.05) is 0 Å². The van der Waals surface area contributed by atoms with E-state index in [0.717, 1.165) is 32.7 Å². The van der Waals surface area contributed by atoms with Crippen molar-refractivity contribution in [2.75, 3.05) is 26.2 Å². The number of morpholine rings is 1. The Morgan fingerprint density at radius 2 is 2.12 bits per heavy atom. The Kier molecular flexibility index (Phi) is 7.09. The van der Waals surface area contributed by atoms with Crippen molar-refractivity contribution in [3.63, 3.8) is 0 Å². The fourth-order valence-electron chi connectivity index (χ4n) is 2.52. The van der Waals surface area contributed by atoms with Crippen LogP contribution in [-0.4, -0.2) is 49.3 Å². The van der Waals surface area contributed by atoms with Gasteiger partial charge in [-0.3, -0.25) is 4.90 Å². The second-order valence-electron chi connectivity index (χ2n) is 5.34. The molecule has 1 heterocycles. The molecule has 0 aromatic heterocycles. The molecule has 1 aliphatic heterocycles. The number of nitrogens with zero attached hydrogens (tertiary/aromatic N) is 1. The molecule has 3 atom stereocenters. The minimum atomic E-state index is 0.449. The number of nitrogens with one attached hydrogen (secondary N) is 1. The highest BCUT2D eigenvalue weighted by Crippen LogP contribution is 2.14. The summed E-state index contributed by atoms with van der Waals surface area (Å²) in [7, 11) is 0. The molecular formula is C14H30N2O. The van der Waals surface area contributed by atoms with Crippen molar-refractivity contribution in [1.29, 1.82) is 0 Å². The van der Waals surface area contributed by atoms with Crippen LogP contribution in [0.25, 0.3) is 0 Å². The van der Waals surface area contributed by atoms with E-state index in [1.165, 1.54) is 12.8 Å². The van der Waals surface area contributed by atoms with Gasteiger partial charge in [0.05, 0.1) is 12.7 Å². The standard InChI is InChI=1S/C14H30N2O/c1-5-7-15-12(3)10-13(4)16-8-9-17-14(6-2)11-16/h12-15H,5-11H2,1-4H3. The van der Waals surface area contributed by atoms with Crippen molar-refractivity contribution < 1.29 is 4.74 Å². The molecular weight excluding hydrogens is 212 g/mol. The summed E-state index contributed by atoms with van der Waals surface area (Å²) in [4.78, 5) is 2.59. The maximum atomic E-state index is 5.72. The average Bonchev–Trinajstić information content (AvgIpc) is 2.36. The zero-order valence-corrected chi connectivity index (χ0v) is 12.0. The third-order valence-corrected chi connectivity index (χ3v) is 3.69. The van der Waals surface area contributed by atoms with Gasteiger partial charge in [0, 0.05) is 25.2 Å². The van der Waals surface area contributed by atoms with Crippen LogP contribution in [0.5, 0.6) is 0 Å². The van der Waals surface area contributed by atoms with Crippen LogP contribution in [0.3, 0.4) is 0 Å². The molecule has 0 aromatic carbocycles. The van der Waals surface area contributed by atoms with Crippen LogP contribution < -0.4 is 5.32 Å². The molecule has 1 aliphatic rings. The fraction of sp³-hybridized carbons (Fsp3) is 1.00. The number of hydrogen-bond acceptors (Lipinski definition) is 3. The van der Waals surface area contributed by atoms with E-state index in [2.05, 4.69) is 37.9 Å². The maximum absolute atomic E-state index is 5.72. The Balaban J connectivity index is 2.28. The van der Waals surface area contributed by atoms with Crippen molar-refractivity contribution in [2.45, 2.75) is 65.1 Å². The van der Waals surface area contributed by atoms with Crippen molar-refractivity contribution in [3.05, 3.63) is 0 Å². The summed E-state index contributed by atoms with van der Waals surface area (Å²) >= 11 is 0. The van der Waals surface area contributed by atoms with Gasteiger partial charge in [-0.05, 0) is 39.7 Å². The van der Waals surface area contributed by atoms with Gasteiger partial charge in [-0.2, -0.15) is 0 Å². The molecule has 0 saturated carbocycles. The molecule has 1 fully saturated rings. The molecule has 0 amide bonds. The zero-order valence-electron chi connectivity index (χ0n) is 12.0. The minimum absolute atomic E-state index is 0.449. The van der Waals surface area contributed by atoms with Crippen LogP contribution >= 0.6 is 0 Å². The number of ether oxygens (including phenoxy) is 1. The summed E-state index contributed by atoms with van der Waals surface area (Å²) < 4.78 is 5.72. The van der Waals surface area contributed by atoms with Gasteiger partial charge in [-0.1, -0.05) is 13.8 Å². The lowest BCUT2D eigenvalue weighted by Gasteiger charge is -2.37. The van der Waals surface area contributed by atoms with E-state index in [4.69, 9.17) is 4.74 Å². The first-order valence-electron chi connectivity index (χ1n) is 7.26. The zero-order chi connectivity index (χ0) is 12.7. The Labute approximate surface area is 107 Å². The Hall–Kier alpha value is -0.120. The second kappa shape index (κ2) is 8.06. The first-order valence-corrected chi connectivity index (χ1v) is 7.26. The van der Waals surface area contributed by atoms with Gasteiger partial charge in [0.15, 0.2) is 0 Å². The predicted octanol–water partition coefficient (Wildman–Crippen LogP) is 2.26. The fourth-order valence-corrected chi connectivity index (χ4v) is 2.52. The summed E-state index contributed by atoms with van der Waals surface area (Å²) in [5.41, 5.74) is 0. The first-order chi connectivity index (χ1) is 8.17. The van der Waals surface area contributed by atoms with Crippen molar-refractivity contribution in [3.8, 4) is 0 Å². The molecule has 0 radical (unpaired) electrons. The quantitative estimate of drug-likeness (QED) is 0.741. The third-order valence-electron chi connectivity index (χ3n) is 3.69. The maximum Gasteiger partial charge on any atom is 0.0700 e. The van der Waals surface area contributed by atoms with Crippen molar-refractivity contribution in [1.82, 2.24) is 10.2 Å². The summed E-state index contributed by atoms with van der Waals surface area (Å²) in [5, 5.41) is 3.57. The van der Waals surface area contributed by atoms with Gasteiger partial charge >= 0.3 is 0 Å². The highest BCUT2D eigenvalue weighted by Gasteiger charge is 2.23. The van der Waals surface area contributed by atoms with Crippen molar-refractivity contribution in [2.24, 2.45) is 0 Å². The van der Waals surface area contributed by atoms with Gasteiger partial charge in [0.1, 0.15) is 0 Å². The molecule has 102 valence electrons. The van der Waals surface area contributed by atoms with Crippen LogP contribution in [0.2, 0.25) is 0 Å². The molecule has 3 nitrogen and oxygen atoms in total. The molecule has 17 heavy (non-hydrogen) atoms. The van der Waals surface area contributed by atoms with Gasteiger partial charge in [-0.25, -0.2) is 0 Å². The lowest BCUT2D eigenvalue weighted by Crippen LogP contribution is -2.48. The SMILES string of the molecule is CCCNC(C)CC(C)N1CCOC(CC)C1. The van der Waals surface area contributed by atoms with Gasteiger partial charge in [0.2, 0.25) is 0 Å². The lowest BCUT2D eigenvalue weighted by atomic mass is 10.1. The van der Waals surface area contributed by atoms with E-state index in [1.54, 1.807) is 0 Å². The summed E-state index contributed by atoms with van der Waals surface area (Å²) in [5.74, 6) is 0. The van der Waals surface area contributed by atoms with Gasteiger partial charge < -0.3 is 10.1 Å². The average molecular weight is 242 g/mol. The van der Waals surface area contributed by atoms with Crippen molar-refractivity contribution >= 4 is 0 Å². The monoisotopic (exact) mass is 242 g/mol. The second-order valence-corrected chi connectivity index (χ2v) is 5.34. The Bertz CT molecular complexity index is 199. The highest BCUT2D eigenvalue weighted by atomic mass is 16.5. The summed E-state index contributed by atoms with van der Waals surface area (Å²) in [6.45, 7) is 13.3.